The van der Waals surface area contributed by atoms with E-state index >= 15 is 0 Å². The van der Waals surface area contributed by atoms with Gasteiger partial charge in [0, 0.05) is 17.5 Å². The summed E-state index contributed by atoms with van der Waals surface area (Å²) in [6, 6.07) is 5.67. The van der Waals surface area contributed by atoms with Crippen LogP contribution in [-0.4, -0.2) is 18.4 Å². The first-order valence-electron chi connectivity index (χ1n) is 4.94. The highest BCUT2D eigenvalue weighted by Crippen LogP contribution is 2.18. The molecule has 1 N–H and O–H groups in total. The zero-order chi connectivity index (χ0) is 12.8. The maximum absolute atomic E-state index is 11.9. The molecule has 17 heavy (non-hydrogen) atoms. The van der Waals surface area contributed by atoms with Gasteiger partial charge in [-0.25, -0.2) is 0 Å². The molecule has 0 fully saturated rings. The number of amides is 1. The number of carbonyl (C=O) groups is 1. The highest BCUT2D eigenvalue weighted by molar-refractivity contribution is 6.19. The molecule has 0 aliphatic heterocycles. The van der Waals surface area contributed by atoms with E-state index in [1.165, 1.54) is 24.3 Å². The van der Waals surface area contributed by atoms with Crippen molar-refractivity contribution >= 4 is 23.2 Å². The Morgan fingerprint density at radius 3 is 2.47 bits per heavy atom. The highest BCUT2D eigenvalue weighted by atomic mass is 35.5. The molecule has 0 aromatic heterocycles. The van der Waals surface area contributed by atoms with Crippen LogP contribution < -0.4 is 10.1 Å². The molecule has 6 heteroatoms. The van der Waals surface area contributed by atoms with E-state index in [1.807, 2.05) is 0 Å². The maximum Gasteiger partial charge on any atom is 0.387 e. The molecule has 0 bridgehead atoms. The molecule has 0 aliphatic carbocycles. The van der Waals surface area contributed by atoms with E-state index < -0.39 is 6.61 Å². The lowest BCUT2D eigenvalue weighted by Crippen LogP contribution is -2.21. The molecule has 1 aromatic carbocycles. The Hall–Kier alpha value is -1.36. The minimum absolute atomic E-state index is 0.0448. The largest absolute Gasteiger partial charge is 0.435 e. The zero-order valence-electron chi connectivity index (χ0n) is 9.12. The summed E-state index contributed by atoms with van der Waals surface area (Å²) in [5, 5.41) is 2.61. The molecular weight excluding hydrogens is 252 g/mol. The lowest BCUT2D eigenvalue weighted by Gasteiger charge is -2.10. The number of carbonyl (C=O) groups excluding carboxylic acids is 1. The van der Waals surface area contributed by atoms with Crippen LogP contribution in [0.3, 0.4) is 0 Å². The molecule has 3 nitrogen and oxygen atoms in total. The van der Waals surface area contributed by atoms with Gasteiger partial charge in [0.15, 0.2) is 0 Å². The number of anilines is 1. The third kappa shape index (κ3) is 4.56. The van der Waals surface area contributed by atoms with Gasteiger partial charge in [0.25, 0.3) is 0 Å². The number of hydrogen-bond donors (Lipinski definition) is 1. The summed E-state index contributed by atoms with van der Waals surface area (Å²) in [6.45, 7) is -1.16. The third-order valence-electron chi connectivity index (χ3n) is 2.03. The van der Waals surface area contributed by atoms with Crippen LogP contribution in [0.25, 0.3) is 0 Å². The molecule has 0 saturated heterocycles. The van der Waals surface area contributed by atoms with Gasteiger partial charge in [0.2, 0.25) is 5.91 Å². The van der Waals surface area contributed by atoms with Gasteiger partial charge < -0.3 is 10.1 Å². The normalized spacial score (nSPS) is 12.3. The number of ether oxygens (including phenoxy) is 1. The van der Waals surface area contributed by atoms with Crippen molar-refractivity contribution in [2.75, 3.05) is 11.2 Å². The van der Waals surface area contributed by atoms with E-state index in [-0.39, 0.29) is 23.5 Å². The average Bonchev–Trinajstić information content (AvgIpc) is 2.30. The first-order valence-corrected chi connectivity index (χ1v) is 5.48. The third-order valence-corrected chi connectivity index (χ3v) is 2.49. The Labute approximate surface area is 103 Å². The van der Waals surface area contributed by atoms with Gasteiger partial charge in [0.1, 0.15) is 5.75 Å². The molecular formula is C11H12ClF2NO2. The van der Waals surface area contributed by atoms with E-state index in [0.717, 1.165) is 0 Å². The second kappa shape index (κ2) is 6.39. The van der Waals surface area contributed by atoms with E-state index in [0.29, 0.717) is 5.69 Å². The standard InChI is InChI=1S/C11H12ClF2NO2/c1-7(6-12)10(16)15-8-2-4-9(5-3-8)17-11(13)14/h2-5,7,11H,6H2,1H3,(H,15,16). The van der Waals surface area contributed by atoms with Crippen molar-refractivity contribution in [1.82, 2.24) is 0 Å². The van der Waals surface area contributed by atoms with Crippen LogP contribution in [0.15, 0.2) is 24.3 Å². The molecule has 0 aliphatic rings. The van der Waals surface area contributed by atoms with E-state index in [1.54, 1.807) is 6.92 Å². The fraction of sp³-hybridized carbons (Fsp3) is 0.364. The number of nitrogens with one attached hydrogen (secondary N) is 1. The quantitative estimate of drug-likeness (QED) is 0.829. The van der Waals surface area contributed by atoms with E-state index in [2.05, 4.69) is 10.1 Å². The summed E-state index contributed by atoms with van der Waals surface area (Å²) in [5.41, 5.74) is 0.508. The Kier molecular flexibility index (Phi) is 5.15. The summed E-state index contributed by atoms with van der Waals surface area (Å²) in [7, 11) is 0. The fourth-order valence-corrected chi connectivity index (χ4v) is 1.20. The van der Waals surface area contributed by atoms with Gasteiger partial charge >= 0.3 is 6.61 Å². The fourth-order valence-electron chi connectivity index (χ4n) is 1.06. The minimum Gasteiger partial charge on any atom is -0.435 e. The van der Waals surface area contributed by atoms with Crippen LogP contribution in [0.2, 0.25) is 0 Å². The highest BCUT2D eigenvalue weighted by Gasteiger charge is 2.11. The Morgan fingerprint density at radius 1 is 1.41 bits per heavy atom. The summed E-state index contributed by atoms with van der Waals surface area (Å²) < 4.78 is 27.9. The van der Waals surface area contributed by atoms with E-state index in [9.17, 15) is 13.6 Å². The number of alkyl halides is 3. The van der Waals surface area contributed by atoms with Crippen LogP contribution in [0.5, 0.6) is 5.75 Å². The van der Waals surface area contributed by atoms with Crippen LogP contribution >= 0.6 is 11.6 Å². The molecule has 1 atom stereocenters. The number of rotatable bonds is 5. The summed E-state index contributed by atoms with van der Waals surface area (Å²) >= 11 is 5.53. The minimum atomic E-state index is -2.85. The monoisotopic (exact) mass is 263 g/mol. The average molecular weight is 264 g/mol. The zero-order valence-corrected chi connectivity index (χ0v) is 9.88. The topological polar surface area (TPSA) is 38.3 Å². The second-order valence-corrected chi connectivity index (χ2v) is 3.76. The van der Waals surface area contributed by atoms with Crippen molar-refractivity contribution in [3.05, 3.63) is 24.3 Å². The lowest BCUT2D eigenvalue weighted by atomic mass is 10.2. The van der Waals surface area contributed by atoms with Crippen molar-refractivity contribution < 1.29 is 18.3 Å². The van der Waals surface area contributed by atoms with Gasteiger partial charge in [-0.1, -0.05) is 6.92 Å². The van der Waals surface area contributed by atoms with Gasteiger partial charge in [-0.15, -0.1) is 11.6 Å². The first-order chi connectivity index (χ1) is 8.02. The van der Waals surface area contributed by atoms with Gasteiger partial charge in [-0.2, -0.15) is 8.78 Å². The molecule has 1 amide bonds. The van der Waals surface area contributed by atoms with Gasteiger partial charge in [0.05, 0.1) is 0 Å². The summed E-state index contributed by atoms with van der Waals surface area (Å²) in [5.74, 6) is -0.266. The SMILES string of the molecule is CC(CCl)C(=O)Nc1ccc(OC(F)F)cc1. The molecule has 1 unspecified atom stereocenters. The number of benzene rings is 1. The van der Waals surface area contributed by atoms with Crippen molar-refractivity contribution in [2.45, 2.75) is 13.5 Å². The van der Waals surface area contributed by atoms with E-state index in [4.69, 9.17) is 11.6 Å². The van der Waals surface area contributed by atoms with Crippen LogP contribution in [0, 0.1) is 5.92 Å². The molecule has 0 heterocycles. The lowest BCUT2D eigenvalue weighted by molar-refractivity contribution is -0.118. The van der Waals surface area contributed by atoms with Crippen LogP contribution in [0.1, 0.15) is 6.92 Å². The maximum atomic E-state index is 11.9. The van der Waals surface area contributed by atoms with Crippen molar-refractivity contribution in [1.29, 1.82) is 0 Å². The van der Waals surface area contributed by atoms with Crippen LogP contribution in [-0.2, 0) is 4.79 Å². The predicted molar refractivity (Wildman–Crippen MR) is 61.6 cm³/mol. The van der Waals surface area contributed by atoms with Crippen molar-refractivity contribution in [2.24, 2.45) is 5.92 Å². The molecule has 1 aromatic rings. The van der Waals surface area contributed by atoms with Crippen LogP contribution in [0.4, 0.5) is 14.5 Å². The smallest absolute Gasteiger partial charge is 0.387 e. The molecule has 0 saturated carbocycles. The summed E-state index contributed by atoms with van der Waals surface area (Å²) in [4.78, 5) is 11.5. The molecule has 0 radical (unpaired) electrons. The number of hydrogen-bond acceptors (Lipinski definition) is 2. The van der Waals surface area contributed by atoms with Crippen molar-refractivity contribution in [3.63, 3.8) is 0 Å². The molecule has 0 spiro atoms. The predicted octanol–water partition coefficient (Wildman–Crippen LogP) is 3.10. The molecule has 94 valence electrons. The Bertz CT molecular complexity index is 370. The number of halogens is 3. The Balaban J connectivity index is 2.59. The Morgan fingerprint density at radius 2 is 2.00 bits per heavy atom. The second-order valence-electron chi connectivity index (χ2n) is 3.45. The molecule has 1 rings (SSSR count). The van der Waals surface area contributed by atoms with Gasteiger partial charge in [-0.3, -0.25) is 4.79 Å². The van der Waals surface area contributed by atoms with Gasteiger partial charge in [-0.05, 0) is 24.3 Å². The first kappa shape index (κ1) is 13.7. The van der Waals surface area contributed by atoms with Crippen molar-refractivity contribution in [3.8, 4) is 5.75 Å². The summed E-state index contributed by atoms with van der Waals surface area (Å²) in [6.07, 6.45) is 0.